The highest BCUT2D eigenvalue weighted by Crippen LogP contribution is 2.20. The molecule has 5 nitrogen and oxygen atoms in total. The first-order chi connectivity index (χ1) is 6.00. The Morgan fingerprint density at radius 1 is 1.38 bits per heavy atom. The van der Waals surface area contributed by atoms with E-state index in [1.54, 1.807) is 0 Å². The zero-order valence-electron chi connectivity index (χ0n) is 8.06. The van der Waals surface area contributed by atoms with Gasteiger partial charge in [0.05, 0.1) is 18.6 Å². The van der Waals surface area contributed by atoms with Crippen molar-refractivity contribution in [3.63, 3.8) is 0 Å². The molecular formula is C8H15NO4. The molecule has 1 aliphatic heterocycles. The number of rotatable bonds is 2. The number of carbonyl (C=O) groups is 1. The second-order valence-electron chi connectivity index (χ2n) is 3.23. The van der Waals surface area contributed by atoms with Crippen molar-refractivity contribution < 1.29 is 19.5 Å². The van der Waals surface area contributed by atoms with Gasteiger partial charge in [0.1, 0.15) is 0 Å². The molecule has 0 aliphatic carbocycles. The lowest BCUT2D eigenvalue weighted by atomic mass is 10.3. The standard InChI is InChI=1S/C8H15NO4/c1-5-6(2)13-8(12-5)4-7(10)9(3)11/h5-6,8,11H,4H2,1-3H3. The van der Waals surface area contributed by atoms with Crippen LogP contribution in [0.1, 0.15) is 20.3 Å². The van der Waals surface area contributed by atoms with Gasteiger partial charge in [0, 0.05) is 7.05 Å². The smallest absolute Gasteiger partial charge is 0.250 e. The van der Waals surface area contributed by atoms with Crippen molar-refractivity contribution in [1.29, 1.82) is 0 Å². The van der Waals surface area contributed by atoms with Crippen LogP contribution in [0.5, 0.6) is 0 Å². The largest absolute Gasteiger partial charge is 0.346 e. The third kappa shape index (κ3) is 2.65. The SMILES string of the molecule is CC1OC(CC(=O)N(C)O)OC1C. The molecule has 0 spiro atoms. The van der Waals surface area contributed by atoms with Crippen LogP contribution in [0, 0.1) is 0 Å². The van der Waals surface area contributed by atoms with E-state index in [9.17, 15) is 4.79 Å². The summed E-state index contributed by atoms with van der Waals surface area (Å²) in [5.41, 5.74) is 0. The lowest BCUT2D eigenvalue weighted by Gasteiger charge is -2.12. The quantitative estimate of drug-likeness (QED) is 0.503. The van der Waals surface area contributed by atoms with Crippen LogP contribution in [-0.2, 0) is 14.3 Å². The van der Waals surface area contributed by atoms with Gasteiger partial charge in [-0.25, -0.2) is 5.06 Å². The van der Waals surface area contributed by atoms with E-state index in [-0.39, 0.29) is 18.6 Å². The van der Waals surface area contributed by atoms with Gasteiger partial charge in [0.2, 0.25) is 0 Å². The first-order valence-electron chi connectivity index (χ1n) is 4.27. The summed E-state index contributed by atoms with van der Waals surface area (Å²) in [5, 5.41) is 9.33. The minimum absolute atomic E-state index is 0.00167. The molecule has 0 aromatic rings. The van der Waals surface area contributed by atoms with E-state index >= 15 is 0 Å². The average Bonchev–Trinajstić information content (AvgIpc) is 2.31. The molecule has 76 valence electrons. The van der Waals surface area contributed by atoms with Crippen molar-refractivity contribution >= 4 is 5.91 Å². The zero-order valence-corrected chi connectivity index (χ0v) is 8.06. The Hall–Kier alpha value is -0.650. The van der Waals surface area contributed by atoms with Gasteiger partial charge in [-0.05, 0) is 13.8 Å². The second-order valence-corrected chi connectivity index (χ2v) is 3.23. The average molecular weight is 189 g/mol. The lowest BCUT2D eigenvalue weighted by molar-refractivity contribution is -0.168. The van der Waals surface area contributed by atoms with E-state index < -0.39 is 12.2 Å². The molecule has 0 radical (unpaired) electrons. The van der Waals surface area contributed by atoms with Crippen LogP contribution in [0.2, 0.25) is 0 Å². The summed E-state index contributed by atoms with van der Waals surface area (Å²) in [4.78, 5) is 11.0. The van der Waals surface area contributed by atoms with Crippen molar-refractivity contribution in [3.05, 3.63) is 0 Å². The summed E-state index contributed by atoms with van der Waals surface area (Å²) in [5.74, 6) is -0.411. The summed E-state index contributed by atoms with van der Waals surface area (Å²) >= 11 is 0. The number of nitrogens with zero attached hydrogens (tertiary/aromatic N) is 1. The number of hydrogen-bond donors (Lipinski definition) is 1. The molecule has 1 aliphatic rings. The van der Waals surface area contributed by atoms with Gasteiger partial charge in [0.15, 0.2) is 6.29 Å². The molecule has 13 heavy (non-hydrogen) atoms. The van der Waals surface area contributed by atoms with Crippen LogP contribution in [0.25, 0.3) is 0 Å². The summed E-state index contributed by atoms with van der Waals surface area (Å²) in [6, 6.07) is 0. The Labute approximate surface area is 77.2 Å². The molecule has 1 N–H and O–H groups in total. The molecule has 0 aromatic carbocycles. The Morgan fingerprint density at radius 3 is 2.23 bits per heavy atom. The van der Waals surface area contributed by atoms with E-state index in [2.05, 4.69) is 0 Å². The van der Waals surface area contributed by atoms with Crippen LogP contribution in [-0.4, -0.2) is 41.7 Å². The molecule has 2 unspecified atom stereocenters. The molecular weight excluding hydrogens is 174 g/mol. The van der Waals surface area contributed by atoms with Crippen molar-refractivity contribution in [2.75, 3.05) is 7.05 Å². The monoisotopic (exact) mass is 189 g/mol. The van der Waals surface area contributed by atoms with E-state index in [0.717, 1.165) is 0 Å². The topological polar surface area (TPSA) is 59.0 Å². The summed E-state index contributed by atoms with van der Waals surface area (Å²) in [6.45, 7) is 3.77. The summed E-state index contributed by atoms with van der Waals surface area (Å²) in [7, 11) is 1.28. The first-order valence-corrected chi connectivity index (χ1v) is 4.27. The van der Waals surface area contributed by atoms with Crippen molar-refractivity contribution in [2.45, 2.75) is 38.8 Å². The molecule has 0 saturated carbocycles. The highest BCUT2D eigenvalue weighted by atomic mass is 16.7. The summed E-state index contributed by atoms with van der Waals surface area (Å²) < 4.78 is 10.6. The van der Waals surface area contributed by atoms with Crippen LogP contribution in [0.3, 0.4) is 0 Å². The molecule has 0 bridgehead atoms. The Morgan fingerprint density at radius 2 is 1.85 bits per heavy atom. The molecule has 1 rings (SSSR count). The molecule has 1 saturated heterocycles. The fourth-order valence-corrected chi connectivity index (χ4v) is 1.10. The van der Waals surface area contributed by atoms with Gasteiger partial charge in [-0.2, -0.15) is 0 Å². The van der Waals surface area contributed by atoms with Crippen molar-refractivity contribution in [1.82, 2.24) is 5.06 Å². The number of amides is 1. The van der Waals surface area contributed by atoms with Crippen LogP contribution < -0.4 is 0 Å². The Bertz CT molecular complexity index is 185. The number of carbonyl (C=O) groups excluding carboxylic acids is 1. The van der Waals surface area contributed by atoms with Gasteiger partial charge in [-0.1, -0.05) is 0 Å². The van der Waals surface area contributed by atoms with Crippen molar-refractivity contribution in [2.24, 2.45) is 0 Å². The molecule has 1 amide bonds. The third-order valence-corrected chi connectivity index (χ3v) is 2.10. The predicted molar refractivity (Wildman–Crippen MR) is 44.1 cm³/mol. The van der Waals surface area contributed by atoms with Crippen molar-refractivity contribution in [3.8, 4) is 0 Å². The lowest BCUT2D eigenvalue weighted by Crippen LogP contribution is -2.27. The number of hydroxylamine groups is 2. The van der Waals surface area contributed by atoms with Gasteiger partial charge >= 0.3 is 0 Å². The fourth-order valence-electron chi connectivity index (χ4n) is 1.10. The van der Waals surface area contributed by atoms with Gasteiger partial charge in [-0.3, -0.25) is 10.0 Å². The maximum Gasteiger partial charge on any atom is 0.250 e. The van der Waals surface area contributed by atoms with Gasteiger partial charge < -0.3 is 9.47 Å². The second kappa shape index (κ2) is 4.04. The van der Waals surface area contributed by atoms with E-state index in [1.807, 2.05) is 13.8 Å². The van der Waals surface area contributed by atoms with Gasteiger partial charge in [0.25, 0.3) is 5.91 Å². The highest BCUT2D eigenvalue weighted by Gasteiger charge is 2.31. The number of hydrogen-bond acceptors (Lipinski definition) is 4. The van der Waals surface area contributed by atoms with Crippen LogP contribution in [0.15, 0.2) is 0 Å². The maximum absolute atomic E-state index is 11.0. The van der Waals surface area contributed by atoms with E-state index in [0.29, 0.717) is 5.06 Å². The molecule has 0 aromatic heterocycles. The predicted octanol–water partition coefficient (Wildman–Crippen LogP) is 0.374. The first kappa shape index (κ1) is 10.4. The third-order valence-electron chi connectivity index (χ3n) is 2.10. The fraction of sp³-hybridized carbons (Fsp3) is 0.875. The highest BCUT2D eigenvalue weighted by molar-refractivity contribution is 5.74. The molecule has 1 fully saturated rings. The minimum atomic E-state index is -0.521. The molecule has 5 heteroatoms. The Balaban J connectivity index is 2.36. The van der Waals surface area contributed by atoms with Gasteiger partial charge in [-0.15, -0.1) is 0 Å². The molecule has 2 atom stereocenters. The van der Waals surface area contributed by atoms with E-state index in [4.69, 9.17) is 14.7 Å². The zero-order chi connectivity index (χ0) is 10.0. The number of ether oxygens (including phenoxy) is 2. The van der Waals surface area contributed by atoms with Crippen LogP contribution >= 0.6 is 0 Å². The summed E-state index contributed by atoms with van der Waals surface area (Å²) in [6.07, 6.45) is -0.461. The van der Waals surface area contributed by atoms with E-state index in [1.165, 1.54) is 7.05 Å². The Kier molecular flexibility index (Phi) is 3.24. The minimum Gasteiger partial charge on any atom is -0.346 e. The maximum atomic E-state index is 11.0. The van der Waals surface area contributed by atoms with Crippen LogP contribution in [0.4, 0.5) is 0 Å². The normalized spacial score (nSPS) is 33.4. The molecule has 1 heterocycles.